The summed E-state index contributed by atoms with van der Waals surface area (Å²) in [6.45, 7) is 2.79. The maximum Gasteiger partial charge on any atom is 0.240 e. The average Bonchev–Trinajstić information content (AvgIpc) is 2.64. The molecule has 1 aromatic carbocycles. The van der Waals surface area contributed by atoms with E-state index in [9.17, 15) is 0 Å². The van der Waals surface area contributed by atoms with Crippen molar-refractivity contribution in [1.82, 2.24) is 9.78 Å². The molecule has 0 saturated carbocycles. The lowest BCUT2D eigenvalue weighted by atomic mass is 10.2. The topological polar surface area (TPSA) is 56.5 Å². The van der Waals surface area contributed by atoms with Gasteiger partial charge in [0.05, 0.1) is 24.1 Å². The van der Waals surface area contributed by atoms with Gasteiger partial charge in [0.2, 0.25) is 5.88 Å². The average molecular weight is 236 g/mol. The SMILES string of the molecule is CCOc1nn(C)c2ccc(OCCO)cc12. The highest BCUT2D eigenvalue weighted by Crippen LogP contribution is 2.28. The monoisotopic (exact) mass is 236 g/mol. The van der Waals surface area contributed by atoms with Gasteiger partial charge in [-0.2, -0.15) is 0 Å². The van der Waals surface area contributed by atoms with Crippen LogP contribution in [0.3, 0.4) is 0 Å². The van der Waals surface area contributed by atoms with Crippen LogP contribution >= 0.6 is 0 Å². The highest BCUT2D eigenvalue weighted by molar-refractivity contribution is 5.85. The summed E-state index contributed by atoms with van der Waals surface area (Å²) in [5.74, 6) is 1.32. The summed E-state index contributed by atoms with van der Waals surface area (Å²) in [7, 11) is 1.87. The van der Waals surface area contributed by atoms with Crippen LogP contribution in [0, 0.1) is 0 Å². The van der Waals surface area contributed by atoms with E-state index >= 15 is 0 Å². The van der Waals surface area contributed by atoms with E-state index in [1.165, 1.54) is 0 Å². The minimum absolute atomic E-state index is 0.00337. The molecule has 0 radical (unpaired) electrons. The van der Waals surface area contributed by atoms with Crippen LogP contribution in [0.15, 0.2) is 18.2 Å². The molecule has 0 unspecified atom stereocenters. The van der Waals surface area contributed by atoms with Crippen LogP contribution in [0.5, 0.6) is 11.6 Å². The first kappa shape index (κ1) is 11.7. The smallest absolute Gasteiger partial charge is 0.240 e. The van der Waals surface area contributed by atoms with E-state index in [2.05, 4.69) is 5.10 Å². The first-order valence-corrected chi connectivity index (χ1v) is 5.59. The second kappa shape index (κ2) is 5.05. The van der Waals surface area contributed by atoms with E-state index in [1.807, 2.05) is 32.2 Å². The molecule has 0 spiro atoms. The summed E-state index contributed by atoms with van der Waals surface area (Å²) in [5.41, 5.74) is 0.991. The number of rotatable bonds is 5. The lowest BCUT2D eigenvalue weighted by molar-refractivity contribution is 0.201. The zero-order valence-electron chi connectivity index (χ0n) is 10.0. The summed E-state index contributed by atoms with van der Waals surface area (Å²) in [4.78, 5) is 0. The van der Waals surface area contributed by atoms with Gasteiger partial charge in [-0.1, -0.05) is 0 Å². The Bertz CT molecular complexity index is 508. The Morgan fingerprint density at radius 3 is 2.88 bits per heavy atom. The third-order valence-electron chi connectivity index (χ3n) is 2.43. The number of aromatic nitrogens is 2. The molecule has 0 atom stereocenters. The predicted molar refractivity (Wildman–Crippen MR) is 64.5 cm³/mol. The van der Waals surface area contributed by atoms with Crippen molar-refractivity contribution >= 4 is 10.9 Å². The predicted octanol–water partition coefficient (Wildman–Crippen LogP) is 1.34. The first-order chi connectivity index (χ1) is 8.26. The fourth-order valence-electron chi connectivity index (χ4n) is 1.71. The number of nitrogens with zero attached hydrogens (tertiary/aromatic N) is 2. The summed E-state index contributed by atoms with van der Waals surface area (Å²) in [6.07, 6.45) is 0. The van der Waals surface area contributed by atoms with Crippen molar-refractivity contribution in [3.63, 3.8) is 0 Å². The number of ether oxygens (including phenoxy) is 2. The molecule has 0 aliphatic carbocycles. The second-order valence-electron chi connectivity index (χ2n) is 3.61. The van der Waals surface area contributed by atoms with Gasteiger partial charge in [0.15, 0.2) is 0 Å². The molecular formula is C12H16N2O3. The molecule has 1 N–H and O–H groups in total. The minimum atomic E-state index is 0.00337. The summed E-state index contributed by atoms with van der Waals surface area (Å²) >= 11 is 0. The van der Waals surface area contributed by atoms with Gasteiger partial charge in [0, 0.05) is 7.05 Å². The van der Waals surface area contributed by atoms with E-state index < -0.39 is 0 Å². The van der Waals surface area contributed by atoms with Crippen LogP contribution in [0.2, 0.25) is 0 Å². The number of aryl methyl sites for hydroxylation is 1. The Hall–Kier alpha value is -1.75. The maximum absolute atomic E-state index is 8.72. The fourth-order valence-corrected chi connectivity index (χ4v) is 1.71. The second-order valence-corrected chi connectivity index (χ2v) is 3.61. The van der Waals surface area contributed by atoms with Crippen LogP contribution in [0.1, 0.15) is 6.92 Å². The molecule has 1 aromatic heterocycles. The molecule has 0 fully saturated rings. The molecule has 5 nitrogen and oxygen atoms in total. The molecule has 17 heavy (non-hydrogen) atoms. The largest absolute Gasteiger partial charge is 0.491 e. The van der Waals surface area contributed by atoms with Crippen LogP contribution < -0.4 is 9.47 Å². The molecule has 0 saturated heterocycles. The molecule has 92 valence electrons. The van der Waals surface area contributed by atoms with Crippen LogP contribution in [0.4, 0.5) is 0 Å². The van der Waals surface area contributed by atoms with Crippen molar-refractivity contribution in [3.8, 4) is 11.6 Å². The van der Waals surface area contributed by atoms with Gasteiger partial charge in [-0.25, -0.2) is 0 Å². The van der Waals surface area contributed by atoms with Crippen LogP contribution in [-0.4, -0.2) is 34.7 Å². The fraction of sp³-hybridized carbons (Fsp3) is 0.417. The van der Waals surface area contributed by atoms with Crippen molar-refractivity contribution in [1.29, 1.82) is 0 Å². The van der Waals surface area contributed by atoms with Crippen molar-refractivity contribution in [2.75, 3.05) is 19.8 Å². The number of hydrogen-bond acceptors (Lipinski definition) is 4. The van der Waals surface area contributed by atoms with Gasteiger partial charge in [-0.05, 0) is 25.1 Å². The van der Waals surface area contributed by atoms with Gasteiger partial charge in [-0.3, -0.25) is 4.68 Å². The van der Waals surface area contributed by atoms with E-state index in [-0.39, 0.29) is 13.2 Å². The molecule has 5 heteroatoms. The zero-order valence-corrected chi connectivity index (χ0v) is 10.0. The number of aliphatic hydroxyl groups is 1. The quantitative estimate of drug-likeness (QED) is 0.851. The van der Waals surface area contributed by atoms with Gasteiger partial charge < -0.3 is 14.6 Å². The highest BCUT2D eigenvalue weighted by Gasteiger charge is 2.10. The highest BCUT2D eigenvalue weighted by atomic mass is 16.5. The first-order valence-electron chi connectivity index (χ1n) is 5.59. The van der Waals surface area contributed by atoms with Gasteiger partial charge in [-0.15, -0.1) is 5.10 Å². The maximum atomic E-state index is 8.72. The Kier molecular flexibility index (Phi) is 3.49. The zero-order chi connectivity index (χ0) is 12.3. The van der Waals surface area contributed by atoms with Crippen molar-refractivity contribution in [3.05, 3.63) is 18.2 Å². The molecule has 2 aromatic rings. The Labute approximate surface area is 99.6 Å². The molecule has 0 aliphatic heterocycles. The van der Waals surface area contributed by atoms with Crippen molar-refractivity contribution in [2.24, 2.45) is 7.05 Å². The Morgan fingerprint density at radius 2 is 2.18 bits per heavy atom. The van der Waals surface area contributed by atoms with E-state index in [0.717, 1.165) is 10.9 Å². The summed E-state index contributed by atoms with van der Waals surface area (Å²) < 4.78 is 12.6. The Balaban J connectivity index is 2.39. The van der Waals surface area contributed by atoms with Gasteiger partial charge in [0.1, 0.15) is 12.4 Å². The Morgan fingerprint density at radius 1 is 1.35 bits per heavy atom. The molecule has 0 bridgehead atoms. The lowest BCUT2D eigenvalue weighted by Gasteiger charge is -2.04. The normalized spacial score (nSPS) is 10.8. The third-order valence-corrected chi connectivity index (χ3v) is 2.43. The number of fused-ring (bicyclic) bond motifs is 1. The lowest BCUT2D eigenvalue weighted by Crippen LogP contribution is -2.01. The van der Waals surface area contributed by atoms with Crippen LogP contribution in [-0.2, 0) is 7.05 Å². The summed E-state index contributed by atoms with van der Waals surface area (Å²) in [6, 6.07) is 5.66. The molecular weight excluding hydrogens is 220 g/mol. The van der Waals surface area contributed by atoms with Crippen molar-refractivity contribution < 1.29 is 14.6 Å². The molecule has 2 rings (SSSR count). The van der Waals surface area contributed by atoms with E-state index in [0.29, 0.717) is 18.2 Å². The number of benzene rings is 1. The minimum Gasteiger partial charge on any atom is -0.491 e. The molecule has 0 amide bonds. The van der Waals surface area contributed by atoms with Crippen LogP contribution in [0.25, 0.3) is 10.9 Å². The standard InChI is InChI=1S/C12H16N2O3/c1-3-16-12-10-8-9(17-7-6-15)4-5-11(10)14(2)13-12/h4-5,8,15H,3,6-7H2,1-2H3. The van der Waals surface area contributed by atoms with Gasteiger partial charge >= 0.3 is 0 Å². The van der Waals surface area contributed by atoms with E-state index in [4.69, 9.17) is 14.6 Å². The van der Waals surface area contributed by atoms with E-state index in [1.54, 1.807) is 4.68 Å². The number of hydrogen-bond donors (Lipinski definition) is 1. The third kappa shape index (κ3) is 2.34. The molecule has 0 aliphatic rings. The molecule has 1 heterocycles. The van der Waals surface area contributed by atoms with Gasteiger partial charge in [0.25, 0.3) is 0 Å². The number of aliphatic hydroxyl groups excluding tert-OH is 1. The summed E-state index contributed by atoms with van der Waals surface area (Å²) in [5, 5.41) is 13.9. The van der Waals surface area contributed by atoms with Crippen molar-refractivity contribution in [2.45, 2.75) is 6.92 Å².